The van der Waals surface area contributed by atoms with E-state index in [2.05, 4.69) is 98.8 Å². The van der Waals surface area contributed by atoms with Gasteiger partial charge in [0.2, 0.25) is 0 Å². The summed E-state index contributed by atoms with van der Waals surface area (Å²) in [5.74, 6) is 0.707. The van der Waals surface area contributed by atoms with E-state index in [4.69, 9.17) is 14.4 Å². The van der Waals surface area contributed by atoms with Gasteiger partial charge in [-0.2, -0.15) is 0 Å². The Morgan fingerprint density at radius 3 is 2.00 bits per heavy atom. The van der Waals surface area contributed by atoms with Gasteiger partial charge in [-0.05, 0) is 46.5 Å². The summed E-state index contributed by atoms with van der Waals surface area (Å²) in [5, 5.41) is 2.19. The van der Waals surface area contributed by atoms with Crippen LogP contribution in [0, 0.1) is 0 Å². The standard InChI is InChI=1S/C37H26N2O/c1-37(2)29-18-10-9-16-25(29)27-20-28-34(21-30(27)37)40-33-19-11-17-26(35(28)33)32-22-31(23-12-5-3-6-13-23)38-36(39-32)24-14-7-4-8-15-24/h3-22H,1-2H3. The summed E-state index contributed by atoms with van der Waals surface area (Å²) in [6, 6.07) is 42.2. The fourth-order valence-electron chi connectivity index (χ4n) is 6.29. The number of hydrogen-bond donors (Lipinski definition) is 0. The van der Waals surface area contributed by atoms with E-state index in [1.807, 2.05) is 36.4 Å². The van der Waals surface area contributed by atoms with Crippen LogP contribution in [0.1, 0.15) is 25.0 Å². The number of nitrogens with zero attached hydrogens (tertiary/aromatic N) is 2. The Labute approximate surface area is 232 Å². The van der Waals surface area contributed by atoms with Crippen LogP contribution < -0.4 is 0 Å². The fourth-order valence-corrected chi connectivity index (χ4v) is 6.29. The molecule has 2 heterocycles. The molecule has 0 aliphatic heterocycles. The van der Waals surface area contributed by atoms with Crippen LogP contribution in [-0.4, -0.2) is 9.97 Å². The Kier molecular flexibility index (Phi) is 4.86. The van der Waals surface area contributed by atoms with Crippen molar-refractivity contribution in [3.05, 3.63) is 132 Å². The average Bonchev–Trinajstić information content (AvgIpc) is 3.49. The van der Waals surface area contributed by atoms with Crippen LogP contribution in [0.3, 0.4) is 0 Å². The molecule has 8 rings (SSSR count). The molecule has 0 N–H and O–H groups in total. The van der Waals surface area contributed by atoms with E-state index in [0.717, 1.165) is 50.0 Å². The molecule has 0 spiro atoms. The Morgan fingerprint density at radius 1 is 0.525 bits per heavy atom. The number of furan rings is 1. The average molecular weight is 515 g/mol. The summed E-state index contributed by atoms with van der Waals surface area (Å²) >= 11 is 0. The first-order valence-electron chi connectivity index (χ1n) is 13.7. The predicted molar refractivity (Wildman–Crippen MR) is 163 cm³/mol. The number of fused-ring (bicyclic) bond motifs is 6. The molecule has 0 saturated heterocycles. The van der Waals surface area contributed by atoms with Crippen molar-refractivity contribution < 1.29 is 4.42 Å². The minimum atomic E-state index is -0.0796. The van der Waals surface area contributed by atoms with Crippen molar-refractivity contribution in [1.29, 1.82) is 0 Å². The highest BCUT2D eigenvalue weighted by molar-refractivity contribution is 6.14. The van der Waals surface area contributed by atoms with Crippen molar-refractivity contribution in [2.24, 2.45) is 0 Å². The molecular weight excluding hydrogens is 488 g/mol. The molecule has 1 aliphatic rings. The molecule has 0 amide bonds. The van der Waals surface area contributed by atoms with Crippen molar-refractivity contribution in [1.82, 2.24) is 9.97 Å². The van der Waals surface area contributed by atoms with Crippen LogP contribution in [0.2, 0.25) is 0 Å². The molecule has 7 aromatic rings. The lowest BCUT2D eigenvalue weighted by Gasteiger charge is -2.21. The van der Waals surface area contributed by atoms with Gasteiger partial charge in [0.05, 0.1) is 11.4 Å². The van der Waals surface area contributed by atoms with Crippen LogP contribution in [0.5, 0.6) is 0 Å². The summed E-state index contributed by atoms with van der Waals surface area (Å²) < 4.78 is 6.52. The van der Waals surface area contributed by atoms with Gasteiger partial charge in [0.1, 0.15) is 11.2 Å². The van der Waals surface area contributed by atoms with Crippen LogP contribution in [0.25, 0.3) is 67.0 Å². The molecule has 190 valence electrons. The van der Waals surface area contributed by atoms with E-state index in [-0.39, 0.29) is 5.41 Å². The highest BCUT2D eigenvalue weighted by Crippen LogP contribution is 2.51. The third kappa shape index (κ3) is 3.37. The first-order valence-corrected chi connectivity index (χ1v) is 13.7. The maximum Gasteiger partial charge on any atom is 0.160 e. The molecule has 0 saturated carbocycles. The lowest BCUT2D eigenvalue weighted by Crippen LogP contribution is -2.14. The smallest absolute Gasteiger partial charge is 0.160 e. The molecule has 0 unspecified atom stereocenters. The van der Waals surface area contributed by atoms with E-state index >= 15 is 0 Å². The van der Waals surface area contributed by atoms with Crippen LogP contribution in [0.4, 0.5) is 0 Å². The Balaban J connectivity index is 1.41. The Hall–Kier alpha value is -5.02. The molecule has 0 fully saturated rings. The zero-order valence-corrected chi connectivity index (χ0v) is 22.3. The molecule has 0 atom stereocenters. The fraction of sp³-hybridized carbons (Fsp3) is 0.0811. The van der Waals surface area contributed by atoms with E-state index in [1.54, 1.807) is 0 Å². The number of hydrogen-bond acceptors (Lipinski definition) is 3. The highest BCUT2D eigenvalue weighted by atomic mass is 16.3. The van der Waals surface area contributed by atoms with E-state index in [0.29, 0.717) is 5.82 Å². The topological polar surface area (TPSA) is 38.9 Å². The summed E-state index contributed by atoms with van der Waals surface area (Å²) in [4.78, 5) is 10.1. The van der Waals surface area contributed by atoms with Crippen LogP contribution in [-0.2, 0) is 5.41 Å². The van der Waals surface area contributed by atoms with Gasteiger partial charge in [0.15, 0.2) is 5.82 Å². The summed E-state index contributed by atoms with van der Waals surface area (Å²) in [6.07, 6.45) is 0. The van der Waals surface area contributed by atoms with Gasteiger partial charge >= 0.3 is 0 Å². The quantitative estimate of drug-likeness (QED) is 0.236. The second kappa shape index (κ2) is 8.49. The Bertz CT molecular complexity index is 2010. The molecule has 40 heavy (non-hydrogen) atoms. The lowest BCUT2D eigenvalue weighted by atomic mass is 9.82. The minimum absolute atomic E-state index is 0.0796. The third-order valence-electron chi connectivity index (χ3n) is 8.30. The van der Waals surface area contributed by atoms with E-state index in [1.165, 1.54) is 22.3 Å². The Morgan fingerprint density at radius 2 is 1.20 bits per heavy atom. The zero-order chi connectivity index (χ0) is 26.8. The predicted octanol–water partition coefficient (Wildman–Crippen LogP) is 9.68. The number of benzene rings is 5. The van der Waals surface area contributed by atoms with Crippen LogP contribution >= 0.6 is 0 Å². The van der Waals surface area contributed by atoms with Crippen molar-refractivity contribution in [2.45, 2.75) is 19.3 Å². The second-order valence-electron chi connectivity index (χ2n) is 11.0. The minimum Gasteiger partial charge on any atom is -0.456 e. The van der Waals surface area contributed by atoms with Gasteiger partial charge in [-0.15, -0.1) is 0 Å². The first kappa shape index (κ1) is 22.9. The largest absolute Gasteiger partial charge is 0.456 e. The SMILES string of the molecule is CC1(C)c2ccccc2-c2cc3c(cc21)oc1cccc(-c2cc(-c4ccccc4)nc(-c4ccccc4)n2)c13. The summed E-state index contributed by atoms with van der Waals surface area (Å²) in [7, 11) is 0. The normalized spacial score (nSPS) is 13.4. The number of aromatic nitrogens is 2. The van der Waals surface area contributed by atoms with E-state index < -0.39 is 0 Å². The van der Waals surface area contributed by atoms with Gasteiger partial charge < -0.3 is 4.42 Å². The summed E-state index contributed by atoms with van der Waals surface area (Å²) in [5.41, 5.74) is 11.8. The van der Waals surface area contributed by atoms with E-state index in [9.17, 15) is 0 Å². The molecule has 5 aromatic carbocycles. The van der Waals surface area contributed by atoms with Crippen molar-refractivity contribution >= 4 is 21.9 Å². The van der Waals surface area contributed by atoms with Gasteiger partial charge in [-0.25, -0.2) is 9.97 Å². The van der Waals surface area contributed by atoms with Crippen molar-refractivity contribution in [3.8, 4) is 45.0 Å². The first-order chi connectivity index (χ1) is 19.6. The monoisotopic (exact) mass is 514 g/mol. The van der Waals surface area contributed by atoms with Crippen LogP contribution in [0.15, 0.2) is 126 Å². The molecule has 2 aromatic heterocycles. The molecule has 0 radical (unpaired) electrons. The maximum absolute atomic E-state index is 6.52. The molecule has 0 bridgehead atoms. The molecule has 3 heteroatoms. The third-order valence-corrected chi connectivity index (χ3v) is 8.30. The number of rotatable bonds is 3. The van der Waals surface area contributed by atoms with Gasteiger partial charge in [0, 0.05) is 32.9 Å². The van der Waals surface area contributed by atoms with Gasteiger partial charge in [0.25, 0.3) is 0 Å². The molecule has 1 aliphatic carbocycles. The zero-order valence-electron chi connectivity index (χ0n) is 22.3. The van der Waals surface area contributed by atoms with Crippen molar-refractivity contribution in [3.63, 3.8) is 0 Å². The lowest BCUT2D eigenvalue weighted by molar-refractivity contribution is 0.647. The molecule has 3 nitrogen and oxygen atoms in total. The molecular formula is C37H26N2O. The van der Waals surface area contributed by atoms with Gasteiger partial charge in [-0.1, -0.05) is 111 Å². The summed E-state index contributed by atoms with van der Waals surface area (Å²) in [6.45, 7) is 4.60. The second-order valence-corrected chi connectivity index (χ2v) is 11.0. The van der Waals surface area contributed by atoms with Crippen molar-refractivity contribution in [2.75, 3.05) is 0 Å². The maximum atomic E-state index is 6.52. The highest BCUT2D eigenvalue weighted by Gasteiger charge is 2.36. The van der Waals surface area contributed by atoms with Gasteiger partial charge in [-0.3, -0.25) is 0 Å².